The first-order chi connectivity index (χ1) is 13.0. The van der Waals surface area contributed by atoms with Gasteiger partial charge >= 0.3 is 0 Å². The van der Waals surface area contributed by atoms with Crippen molar-refractivity contribution in [3.05, 3.63) is 35.6 Å². The lowest BCUT2D eigenvalue weighted by atomic mass is 9.95. The van der Waals surface area contributed by atoms with Crippen LogP contribution >= 0.6 is 0 Å². The van der Waals surface area contributed by atoms with Gasteiger partial charge in [-0.15, -0.1) is 0 Å². The van der Waals surface area contributed by atoms with E-state index in [1.807, 2.05) is 19.2 Å². The lowest BCUT2D eigenvalue weighted by Crippen LogP contribution is -2.46. The van der Waals surface area contributed by atoms with Gasteiger partial charge in [0.05, 0.1) is 0 Å². The van der Waals surface area contributed by atoms with E-state index >= 15 is 0 Å². The number of likely N-dealkylation sites (tertiary alicyclic amines) is 1. The number of nitrogens with zero attached hydrogens (tertiary/aromatic N) is 2. The van der Waals surface area contributed by atoms with Crippen LogP contribution in [0.25, 0.3) is 0 Å². The van der Waals surface area contributed by atoms with Crippen molar-refractivity contribution in [2.45, 2.75) is 44.9 Å². The molecule has 1 saturated carbocycles. The van der Waals surface area contributed by atoms with Crippen molar-refractivity contribution in [3.8, 4) is 0 Å². The third kappa shape index (κ3) is 5.44. The molecule has 27 heavy (non-hydrogen) atoms. The summed E-state index contributed by atoms with van der Waals surface area (Å²) in [5, 5.41) is 6.94. The summed E-state index contributed by atoms with van der Waals surface area (Å²) in [4.78, 5) is 6.97. The molecule has 0 bridgehead atoms. The van der Waals surface area contributed by atoms with Crippen molar-refractivity contribution in [2.75, 3.05) is 39.8 Å². The van der Waals surface area contributed by atoms with E-state index in [1.54, 1.807) is 12.1 Å². The topological polar surface area (TPSA) is 39.7 Å². The maximum absolute atomic E-state index is 14.2. The number of nitrogens with one attached hydrogen (secondary N) is 2. The van der Waals surface area contributed by atoms with Gasteiger partial charge in [-0.25, -0.2) is 4.39 Å². The Morgan fingerprint density at radius 1 is 1.30 bits per heavy atom. The average molecular weight is 375 g/mol. The Morgan fingerprint density at radius 2 is 2.07 bits per heavy atom. The van der Waals surface area contributed by atoms with Crippen molar-refractivity contribution in [1.29, 1.82) is 0 Å². The lowest BCUT2D eigenvalue weighted by molar-refractivity contribution is 0.159. The molecule has 1 atom stereocenters. The molecule has 1 saturated heterocycles. The van der Waals surface area contributed by atoms with E-state index in [1.165, 1.54) is 32.5 Å². The number of rotatable bonds is 7. The summed E-state index contributed by atoms with van der Waals surface area (Å²) in [7, 11) is 1.81. The Morgan fingerprint density at radius 3 is 2.74 bits per heavy atom. The first-order valence-corrected chi connectivity index (χ1v) is 10.4. The minimum atomic E-state index is -0.0906. The number of piperidine rings is 1. The molecule has 0 spiro atoms. The predicted octanol–water partition coefficient (Wildman–Crippen LogP) is 3.39. The fraction of sp³-hybridized carbons (Fsp3) is 0.682. The van der Waals surface area contributed by atoms with Crippen LogP contribution in [0.4, 0.5) is 4.39 Å². The maximum atomic E-state index is 14.2. The maximum Gasteiger partial charge on any atom is 0.191 e. The molecule has 150 valence electrons. The number of hydrogen-bond acceptors (Lipinski definition) is 2. The molecular formula is C22H35FN4. The van der Waals surface area contributed by atoms with Gasteiger partial charge in [-0.2, -0.15) is 0 Å². The molecular weight excluding hydrogens is 339 g/mol. The average Bonchev–Trinajstić information content (AvgIpc) is 3.43. The Balaban J connectivity index is 1.47. The van der Waals surface area contributed by atoms with E-state index in [9.17, 15) is 4.39 Å². The highest BCUT2D eigenvalue weighted by Gasteiger charge is 2.45. The number of halogens is 1. The molecule has 1 unspecified atom stereocenters. The Kier molecular flexibility index (Phi) is 6.74. The van der Waals surface area contributed by atoms with Crippen molar-refractivity contribution in [2.24, 2.45) is 16.8 Å². The van der Waals surface area contributed by atoms with E-state index in [2.05, 4.69) is 34.4 Å². The van der Waals surface area contributed by atoms with Gasteiger partial charge in [-0.05, 0) is 55.7 Å². The summed E-state index contributed by atoms with van der Waals surface area (Å²) in [5.74, 6) is 2.13. The van der Waals surface area contributed by atoms with Crippen LogP contribution in [0.2, 0.25) is 0 Å². The first-order valence-electron chi connectivity index (χ1n) is 10.4. The molecule has 1 aromatic carbocycles. The summed E-state index contributed by atoms with van der Waals surface area (Å²) in [6, 6.07) is 7.17. The van der Waals surface area contributed by atoms with Crippen LogP contribution in [0.3, 0.4) is 0 Å². The Labute approximate surface area is 163 Å². The number of benzene rings is 1. The zero-order chi connectivity index (χ0) is 19.3. The van der Waals surface area contributed by atoms with Crippen LogP contribution < -0.4 is 10.6 Å². The van der Waals surface area contributed by atoms with E-state index in [-0.39, 0.29) is 11.2 Å². The SMILES string of the molecule is CN=C(NCC1CCCN(CC(C)C)C1)NCC1(c2ccccc2F)CC1. The summed E-state index contributed by atoms with van der Waals surface area (Å²) >= 11 is 0. The van der Waals surface area contributed by atoms with Gasteiger partial charge in [0.25, 0.3) is 0 Å². The molecule has 2 aliphatic rings. The smallest absolute Gasteiger partial charge is 0.191 e. The van der Waals surface area contributed by atoms with Crippen molar-refractivity contribution in [3.63, 3.8) is 0 Å². The van der Waals surface area contributed by atoms with Crippen LogP contribution in [0.5, 0.6) is 0 Å². The normalized spacial score (nSPS) is 22.7. The molecule has 5 heteroatoms. The van der Waals surface area contributed by atoms with Crippen LogP contribution in [-0.2, 0) is 5.41 Å². The van der Waals surface area contributed by atoms with Crippen LogP contribution in [0.15, 0.2) is 29.3 Å². The number of guanidine groups is 1. The largest absolute Gasteiger partial charge is 0.356 e. The molecule has 2 fully saturated rings. The van der Waals surface area contributed by atoms with Crippen molar-refractivity contribution < 1.29 is 4.39 Å². The molecule has 1 aromatic rings. The van der Waals surface area contributed by atoms with Gasteiger partial charge < -0.3 is 15.5 Å². The van der Waals surface area contributed by atoms with Crippen molar-refractivity contribution >= 4 is 5.96 Å². The second-order valence-corrected chi connectivity index (χ2v) is 8.73. The minimum Gasteiger partial charge on any atom is -0.356 e. The minimum absolute atomic E-state index is 0.0676. The van der Waals surface area contributed by atoms with Gasteiger partial charge in [0, 0.05) is 38.6 Å². The molecule has 4 nitrogen and oxygen atoms in total. The molecule has 2 N–H and O–H groups in total. The van der Waals surface area contributed by atoms with Crippen LogP contribution in [0, 0.1) is 17.7 Å². The van der Waals surface area contributed by atoms with Gasteiger partial charge in [0.15, 0.2) is 5.96 Å². The third-order valence-electron chi connectivity index (χ3n) is 5.90. The molecule has 0 amide bonds. The number of hydrogen-bond donors (Lipinski definition) is 2. The highest BCUT2D eigenvalue weighted by molar-refractivity contribution is 5.79. The highest BCUT2D eigenvalue weighted by Crippen LogP contribution is 2.48. The molecule has 0 radical (unpaired) electrons. The standard InChI is InChI=1S/C22H35FN4/c1-17(2)14-27-12-6-7-18(15-27)13-25-21(24-3)26-16-22(10-11-22)19-8-4-5-9-20(19)23/h4-5,8-9,17-18H,6-7,10-16H2,1-3H3,(H2,24,25,26). The quantitative estimate of drug-likeness (QED) is 0.568. The summed E-state index contributed by atoms with van der Waals surface area (Å²) in [5.41, 5.74) is 0.770. The zero-order valence-corrected chi connectivity index (χ0v) is 17.1. The molecule has 1 heterocycles. The van der Waals surface area contributed by atoms with E-state index in [0.29, 0.717) is 5.92 Å². The summed E-state index contributed by atoms with van der Waals surface area (Å²) in [6.07, 6.45) is 4.62. The monoisotopic (exact) mass is 374 g/mol. The first kappa shape index (κ1) is 20.1. The molecule has 1 aliphatic carbocycles. The fourth-order valence-corrected chi connectivity index (χ4v) is 4.30. The molecule has 0 aromatic heterocycles. The van der Waals surface area contributed by atoms with Crippen molar-refractivity contribution in [1.82, 2.24) is 15.5 Å². The van der Waals surface area contributed by atoms with Gasteiger partial charge in [-0.1, -0.05) is 32.0 Å². The molecule has 1 aliphatic heterocycles. The second-order valence-electron chi connectivity index (χ2n) is 8.73. The lowest BCUT2D eigenvalue weighted by Gasteiger charge is -2.34. The van der Waals surface area contributed by atoms with Crippen LogP contribution in [-0.4, -0.2) is 50.6 Å². The Hall–Kier alpha value is -1.62. The second kappa shape index (κ2) is 9.05. The van der Waals surface area contributed by atoms with Gasteiger partial charge in [-0.3, -0.25) is 4.99 Å². The van der Waals surface area contributed by atoms with Crippen LogP contribution in [0.1, 0.15) is 45.1 Å². The fourth-order valence-electron chi connectivity index (χ4n) is 4.30. The predicted molar refractivity (Wildman–Crippen MR) is 111 cm³/mol. The van der Waals surface area contributed by atoms with E-state index < -0.39 is 0 Å². The van der Waals surface area contributed by atoms with E-state index in [4.69, 9.17) is 0 Å². The highest BCUT2D eigenvalue weighted by atomic mass is 19.1. The Bertz CT molecular complexity index is 639. The van der Waals surface area contributed by atoms with Gasteiger partial charge in [0.1, 0.15) is 5.82 Å². The summed E-state index contributed by atoms with van der Waals surface area (Å²) < 4.78 is 14.2. The van der Waals surface area contributed by atoms with Gasteiger partial charge in [0.2, 0.25) is 0 Å². The molecule has 3 rings (SSSR count). The summed E-state index contributed by atoms with van der Waals surface area (Å²) in [6.45, 7) is 9.84. The zero-order valence-electron chi connectivity index (χ0n) is 17.1. The third-order valence-corrected chi connectivity index (χ3v) is 5.90. The number of aliphatic imine (C=N–C) groups is 1. The van der Waals surface area contributed by atoms with E-state index in [0.717, 1.165) is 43.4 Å².